The average Bonchev–Trinajstić information content (AvgIpc) is 2.49. The van der Waals surface area contributed by atoms with Crippen LogP contribution in [0.4, 0.5) is 10.5 Å². The second kappa shape index (κ2) is 7.60. The zero-order chi connectivity index (χ0) is 14.2. The standard InChI is InChI=1S/C16H18N2OS/c1-20-15-10-6-5-9-14(15)18-16(19)17-12-11-13-7-3-2-4-8-13/h2-10H,11-12H2,1H3,(H2,17,18,19). The second-order valence-electron chi connectivity index (χ2n) is 4.32. The number of para-hydroxylation sites is 1. The van der Waals surface area contributed by atoms with Gasteiger partial charge in [0.25, 0.3) is 0 Å². The minimum atomic E-state index is -0.164. The number of benzene rings is 2. The fraction of sp³-hybridized carbons (Fsp3) is 0.188. The number of thioether (sulfide) groups is 1. The molecule has 0 aliphatic heterocycles. The molecule has 0 heterocycles. The van der Waals surface area contributed by atoms with Gasteiger partial charge in [0.1, 0.15) is 0 Å². The van der Waals surface area contributed by atoms with Crippen molar-refractivity contribution in [3.8, 4) is 0 Å². The van der Waals surface area contributed by atoms with Crippen LogP contribution in [0.15, 0.2) is 59.5 Å². The molecule has 104 valence electrons. The van der Waals surface area contributed by atoms with Crippen LogP contribution in [0.25, 0.3) is 0 Å². The van der Waals surface area contributed by atoms with Gasteiger partial charge in [-0.15, -0.1) is 11.8 Å². The van der Waals surface area contributed by atoms with Gasteiger partial charge in [-0.05, 0) is 30.4 Å². The molecule has 2 amide bonds. The first kappa shape index (κ1) is 14.5. The zero-order valence-corrected chi connectivity index (χ0v) is 12.2. The molecule has 0 fully saturated rings. The van der Waals surface area contributed by atoms with Crippen LogP contribution >= 0.6 is 11.8 Å². The maximum Gasteiger partial charge on any atom is 0.319 e. The Bertz CT molecular complexity index is 557. The molecule has 0 aliphatic carbocycles. The molecule has 4 heteroatoms. The van der Waals surface area contributed by atoms with Crippen LogP contribution in [-0.4, -0.2) is 18.8 Å². The second-order valence-corrected chi connectivity index (χ2v) is 5.16. The fourth-order valence-electron chi connectivity index (χ4n) is 1.88. The third-order valence-corrected chi connectivity index (χ3v) is 3.69. The third-order valence-electron chi connectivity index (χ3n) is 2.90. The van der Waals surface area contributed by atoms with Crippen molar-refractivity contribution in [3.05, 3.63) is 60.2 Å². The number of urea groups is 1. The highest BCUT2D eigenvalue weighted by molar-refractivity contribution is 7.98. The summed E-state index contributed by atoms with van der Waals surface area (Å²) in [5.74, 6) is 0. The fourth-order valence-corrected chi connectivity index (χ4v) is 2.43. The van der Waals surface area contributed by atoms with Crippen LogP contribution < -0.4 is 10.6 Å². The summed E-state index contributed by atoms with van der Waals surface area (Å²) in [6, 6.07) is 17.7. The van der Waals surface area contributed by atoms with E-state index in [1.807, 2.05) is 48.7 Å². The number of carbonyl (C=O) groups is 1. The maximum absolute atomic E-state index is 11.8. The summed E-state index contributed by atoms with van der Waals surface area (Å²) >= 11 is 1.62. The van der Waals surface area contributed by atoms with E-state index in [-0.39, 0.29) is 6.03 Å². The van der Waals surface area contributed by atoms with Gasteiger partial charge < -0.3 is 10.6 Å². The largest absolute Gasteiger partial charge is 0.338 e. The predicted octanol–water partition coefficient (Wildman–Crippen LogP) is 3.77. The molecule has 0 saturated carbocycles. The van der Waals surface area contributed by atoms with E-state index in [4.69, 9.17) is 0 Å². The van der Waals surface area contributed by atoms with Crippen molar-refractivity contribution in [1.82, 2.24) is 5.32 Å². The van der Waals surface area contributed by atoms with Crippen molar-refractivity contribution < 1.29 is 4.79 Å². The molecule has 2 aromatic rings. The van der Waals surface area contributed by atoms with Gasteiger partial charge in [-0.3, -0.25) is 0 Å². The summed E-state index contributed by atoms with van der Waals surface area (Å²) in [7, 11) is 0. The molecule has 0 atom stereocenters. The van der Waals surface area contributed by atoms with Gasteiger partial charge in [0.15, 0.2) is 0 Å². The van der Waals surface area contributed by atoms with Gasteiger partial charge >= 0.3 is 6.03 Å². The Labute approximate surface area is 123 Å². The average molecular weight is 286 g/mol. The molecular formula is C16H18N2OS. The highest BCUT2D eigenvalue weighted by atomic mass is 32.2. The van der Waals surface area contributed by atoms with Crippen molar-refractivity contribution in [2.24, 2.45) is 0 Å². The lowest BCUT2D eigenvalue weighted by Gasteiger charge is -2.10. The Hall–Kier alpha value is -1.94. The summed E-state index contributed by atoms with van der Waals surface area (Å²) in [6.07, 6.45) is 2.83. The Kier molecular flexibility index (Phi) is 5.50. The predicted molar refractivity (Wildman–Crippen MR) is 85.4 cm³/mol. The quantitative estimate of drug-likeness (QED) is 0.821. The van der Waals surface area contributed by atoms with Crippen molar-refractivity contribution in [2.75, 3.05) is 18.1 Å². The lowest BCUT2D eigenvalue weighted by atomic mass is 10.1. The first-order chi connectivity index (χ1) is 9.79. The van der Waals surface area contributed by atoms with Crippen LogP contribution in [0.2, 0.25) is 0 Å². The molecule has 20 heavy (non-hydrogen) atoms. The number of hydrogen-bond donors (Lipinski definition) is 2. The molecule has 0 unspecified atom stereocenters. The summed E-state index contributed by atoms with van der Waals surface area (Å²) in [6.45, 7) is 0.622. The number of rotatable bonds is 5. The Morgan fingerprint density at radius 2 is 1.75 bits per heavy atom. The van der Waals surface area contributed by atoms with E-state index >= 15 is 0 Å². The van der Waals surface area contributed by atoms with Gasteiger partial charge in [0, 0.05) is 11.4 Å². The normalized spacial score (nSPS) is 10.1. The van der Waals surface area contributed by atoms with Crippen molar-refractivity contribution in [3.63, 3.8) is 0 Å². The Balaban J connectivity index is 1.81. The van der Waals surface area contributed by atoms with Crippen molar-refractivity contribution in [2.45, 2.75) is 11.3 Å². The first-order valence-corrected chi connectivity index (χ1v) is 7.74. The smallest absolute Gasteiger partial charge is 0.319 e. The minimum absolute atomic E-state index is 0.164. The SMILES string of the molecule is CSc1ccccc1NC(=O)NCCc1ccccc1. The molecule has 0 aromatic heterocycles. The molecule has 2 rings (SSSR count). The summed E-state index contributed by atoms with van der Waals surface area (Å²) < 4.78 is 0. The van der Waals surface area contributed by atoms with Crippen molar-refractivity contribution in [1.29, 1.82) is 0 Å². The number of anilines is 1. The van der Waals surface area contributed by atoms with Crippen LogP contribution in [-0.2, 0) is 6.42 Å². The lowest BCUT2D eigenvalue weighted by Crippen LogP contribution is -2.30. The van der Waals surface area contributed by atoms with Crippen LogP contribution in [0.3, 0.4) is 0 Å². The van der Waals surface area contributed by atoms with Gasteiger partial charge in [-0.25, -0.2) is 4.79 Å². The van der Waals surface area contributed by atoms with E-state index in [1.165, 1.54) is 5.56 Å². The van der Waals surface area contributed by atoms with E-state index in [1.54, 1.807) is 11.8 Å². The number of carbonyl (C=O) groups excluding carboxylic acids is 1. The number of nitrogens with one attached hydrogen (secondary N) is 2. The maximum atomic E-state index is 11.8. The Morgan fingerprint density at radius 3 is 2.50 bits per heavy atom. The van der Waals surface area contributed by atoms with Gasteiger partial charge in [0.2, 0.25) is 0 Å². The van der Waals surface area contributed by atoms with Crippen LogP contribution in [0.1, 0.15) is 5.56 Å². The van der Waals surface area contributed by atoms with E-state index in [0.717, 1.165) is 17.0 Å². The molecule has 0 saturated heterocycles. The topological polar surface area (TPSA) is 41.1 Å². The van der Waals surface area contributed by atoms with Gasteiger partial charge in [-0.2, -0.15) is 0 Å². The van der Waals surface area contributed by atoms with Crippen molar-refractivity contribution >= 4 is 23.5 Å². The third kappa shape index (κ3) is 4.31. The first-order valence-electron chi connectivity index (χ1n) is 6.51. The summed E-state index contributed by atoms with van der Waals surface area (Å²) in [5, 5.41) is 5.75. The summed E-state index contributed by atoms with van der Waals surface area (Å²) in [5.41, 5.74) is 2.06. The van der Waals surface area contributed by atoms with E-state index in [2.05, 4.69) is 22.8 Å². The zero-order valence-electron chi connectivity index (χ0n) is 11.4. The van der Waals surface area contributed by atoms with Gasteiger partial charge in [-0.1, -0.05) is 42.5 Å². The minimum Gasteiger partial charge on any atom is -0.338 e. The molecule has 0 radical (unpaired) electrons. The highest BCUT2D eigenvalue weighted by Gasteiger charge is 2.04. The monoisotopic (exact) mass is 286 g/mol. The highest BCUT2D eigenvalue weighted by Crippen LogP contribution is 2.24. The molecule has 0 bridgehead atoms. The molecular weight excluding hydrogens is 268 g/mol. The molecule has 3 nitrogen and oxygen atoms in total. The summed E-state index contributed by atoms with van der Waals surface area (Å²) in [4.78, 5) is 12.9. The van der Waals surface area contributed by atoms with Crippen LogP contribution in [0.5, 0.6) is 0 Å². The molecule has 2 N–H and O–H groups in total. The molecule has 0 aliphatic rings. The number of hydrogen-bond acceptors (Lipinski definition) is 2. The van der Waals surface area contributed by atoms with E-state index in [0.29, 0.717) is 6.54 Å². The lowest BCUT2D eigenvalue weighted by molar-refractivity contribution is 0.252. The molecule has 0 spiro atoms. The number of amides is 2. The van der Waals surface area contributed by atoms with E-state index < -0.39 is 0 Å². The van der Waals surface area contributed by atoms with Gasteiger partial charge in [0.05, 0.1) is 5.69 Å². The van der Waals surface area contributed by atoms with E-state index in [9.17, 15) is 4.79 Å². The van der Waals surface area contributed by atoms with Crippen LogP contribution in [0, 0.1) is 0 Å². The Morgan fingerprint density at radius 1 is 1.05 bits per heavy atom. The molecule has 2 aromatic carbocycles.